The third kappa shape index (κ3) is 4.56. The van der Waals surface area contributed by atoms with Crippen molar-refractivity contribution in [2.75, 3.05) is 42.6 Å². The fraction of sp³-hybridized carbons (Fsp3) is 0.500. The van der Waals surface area contributed by atoms with Crippen LogP contribution >= 0.6 is 0 Å². The van der Waals surface area contributed by atoms with Crippen LogP contribution in [0.2, 0.25) is 0 Å². The molecule has 0 unspecified atom stereocenters. The first-order chi connectivity index (χ1) is 16.7. The summed E-state index contributed by atoms with van der Waals surface area (Å²) in [6.45, 7) is 6.78. The van der Waals surface area contributed by atoms with Crippen LogP contribution in [0.3, 0.4) is 0 Å². The van der Waals surface area contributed by atoms with E-state index >= 15 is 0 Å². The Hall–Kier alpha value is -3.21. The number of fused-ring (bicyclic) bond motifs is 1. The topological polar surface area (TPSA) is 110 Å². The Balaban J connectivity index is 1.21. The quantitative estimate of drug-likeness (QED) is 0.522. The Labute approximate surface area is 204 Å². The average Bonchev–Trinajstić information content (AvgIpc) is 3.36. The minimum Gasteiger partial charge on any atom is -0.365 e. The van der Waals surface area contributed by atoms with Gasteiger partial charge in [0.25, 0.3) is 5.56 Å². The molecule has 2 aliphatic rings. The van der Waals surface area contributed by atoms with Crippen LogP contribution in [0.4, 0.5) is 5.69 Å². The third-order valence-corrected chi connectivity index (χ3v) is 8.84. The molecule has 10 nitrogen and oxygen atoms in total. The molecule has 0 saturated carbocycles. The van der Waals surface area contributed by atoms with Gasteiger partial charge in [0, 0.05) is 39.1 Å². The van der Waals surface area contributed by atoms with E-state index in [-0.39, 0.29) is 35.4 Å². The predicted molar refractivity (Wildman–Crippen MR) is 133 cm³/mol. The normalized spacial score (nSPS) is 20.0. The zero-order valence-corrected chi connectivity index (χ0v) is 20.9. The lowest BCUT2D eigenvalue weighted by atomic mass is 10.2. The molecule has 4 heterocycles. The highest BCUT2D eigenvalue weighted by molar-refractivity contribution is 7.91. The van der Waals surface area contributed by atoms with Gasteiger partial charge in [-0.05, 0) is 32.4 Å². The molecule has 0 bridgehead atoms. The molecule has 2 aliphatic heterocycles. The summed E-state index contributed by atoms with van der Waals surface area (Å²) in [5.41, 5.74) is 3.42. The Kier molecular flexibility index (Phi) is 6.12. The molecule has 0 N–H and O–H groups in total. The van der Waals surface area contributed by atoms with Gasteiger partial charge in [0.15, 0.2) is 9.84 Å². The van der Waals surface area contributed by atoms with Gasteiger partial charge in [-0.25, -0.2) is 13.4 Å². The Morgan fingerprint density at radius 1 is 1.11 bits per heavy atom. The number of hydrogen-bond acceptors (Lipinski definition) is 7. The first-order valence-corrected chi connectivity index (χ1v) is 13.8. The summed E-state index contributed by atoms with van der Waals surface area (Å²) in [6.07, 6.45) is 2.35. The fourth-order valence-corrected chi connectivity index (χ4v) is 6.95. The van der Waals surface area contributed by atoms with Gasteiger partial charge >= 0.3 is 0 Å². The highest BCUT2D eigenvalue weighted by Gasteiger charge is 2.33. The van der Waals surface area contributed by atoms with E-state index in [9.17, 15) is 18.0 Å². The molecule has 11 heteroatoms. The minimum absolute atomic E-state index is 0.0185. The number of benzene rings is 1. The molecular weight excluding hydrogens is 468 g/mol. The van der Waals surface area contributed by atoms with Crippen LogP contribution in [0.15, 0.2) is 35.4 Å². The number of aromatic nitrogens is 4. The number of amides is 1. The van der Waals surface area contributed by atoms with Crippen molar-refractivity contribution in [3.8, 4) is 0 Å². The molecular formula is C24H30N6O4S. The molecule has 1 aromatic carbocycles. The van der Waals surface area contributed by atoms with E-state index in [1.165, 1.54) is 10.9 Å². The molecule has 1 amide bonds. The van der Waals surface area contributed by atoms with E-state index in [4.69, 9.17) is 0 Å². The average molecular weight is 499 g/mol. The summed E-state index contributed by atoms with van der Waals surface area (Å²) >= 11 is 0. The monoisotopic (exact) mass is 498 g/mol. The number of nitrogens with zero attached hydrogens (tertiary/aromatic N) is 6. The van der Waals surface area contributed by atoms with Crippen LogP contribution in [0, 0.1) is 13.8 Å². The van der Waals surface area contributed by atoms with Crippen molar-refractivity contribution < 1.29 is 13.2 Å². The number of hydrogen-bond donors (Lipinski definition) is 0. The van der Waals surface area contributed by atoms with Gasteiger partial charge in [0.2, 0.25) is 5.91 Å². The second-order valence-corrected chi connectivity index (χ2v) is 11.6. The fourth-order valence-electron chi connectivity index (χ4n) is 5.25. The van der Waals surface area contributed by atoms with E-state index in [2.05, 4.69) is 15.0 Å². The van der Waals surface area contributed by atoms with Gasteiger partial charge in [-0.2, -0.15) is 5.10 Å². The number of sulfone groups is 1. The lowest BCUT2D eigenvalue weighted by Crippen LogP contribution is -2.49. The van der Waals surface area contributed by atoms with E-state index in [0.29, 0.717) is 50.0 Å². The van der Waals surface area contributed by atoms with E-state index in [1.54, 1.807) is 12.1 Å². The van der Waals surface area contributed by atoms with Crippen molar-refractivity contribution in [2.45, 2.75) is 39.3 Å². The molecule has 0 aliphatic carbocycles. The zero-order valence-electron chi connectivity index (χ0n) is 20.1. The number of piperazine rings is 1. The molecule has 0 spiro atoms. The first-order valence-electron chi connectivity index (χ1n) is 12.0. The van der Waals surface area contributed by atoms with Crippen LogP contribution in [0.5, 0.6) is 0 Å². The number of carbonyl (C=O) groups excluding carboxylic acids is 1. The summed E-state index contributed by atoms with van der Waals surface area (Å²) in [4.78, 5) is 33.9. The lowest BCUT2D eigenvalue weighted by molar-refractivity contribution is -0.131. The molecule has 1 atom stereocenters. The van der Waals surface area contributed by atoms with Gasteiger partial charge in [0.1, 0.15) is 0 Å². The minimum atomic E-state index is -2.99. The highest BCUT2D eigenvalue weighted by Crippen LogP contribution is 2.31. The summed E-state index contributed by atoms with van der Waals surface area (Å²) in [5.74, 6) is 0.380. The van der Waals surface area contributed by atoms with Gasteiger partial charge < -0.3 is 9.80 Å². The van der Waals surface area contributed by atoms with Gasteiger partial charge in [-0.3, -0.25) is 18.8 Å². The maximum absolute atomic E-state index is 12.9. The van der Waals surface area contributed by atoms with Crippen LogP contribution in [-0.2, 0) is 21.2 Å². The summed E-state index contributed by atoms with van der Waals surface area (Å²) in [5, 5.41) is 5.22. The maximum Gasteiger partial charge on any atom is 0.261 e. The Morgan fingerprint density at radius 2 is 1.86 bits per heavy atom. The van der Waals surface area contributed by atoms with Crippen molar-refractivity contribution in [3.63, 3.8) is 0 Å². The highest BCUT2D eigenvalue weighted by atomic mass is 32.2. The largest absolute Gasteiger partial charge is 0.365 e. The number of para-hydroxylation sites is 1. The third-order valence-electron chi connectivity index (χ3n) is 7.09. The maximum atomic E-state index is 12.9. The van der Waals surface area contributed by atoms with Crippen molar-refractivity contribution in [3.05, 3.63) is 52.3 Å². The van der Waals surface area contributed by atoms with Crippen LogP contribution in [-0.4, -0.2) is 76.2 Å². The van der Waals surface area contributed by atoms with Gasteiger partial charge in [-0.1, -0.05) is 12.1 Å². The smallest absolute Gasteiger partial charge is 0.261 e. The molecule has 35 heavy (non-hydrogen) atoms. The first kappa shape index (κ1) is 23.5. The van der Waals surface area contributed by atoms with Crippen LogP contribution in [0.25, 0.3) is 10.9 Å². The molecule has 2 fully saturated rings. The summed E-state index contributed by atoms with van der Waals surface area (Å²) in [6, 6.07) is 7.09. The van der Waals surface area contributed by atoms with Gasteiger partial charge in [-0.15, -0.1) is 0 Å². The second-order valence-electron chi connectivity index (χ2n) is 9.40. The zero-order chi connectivity index (χ0) is 24.7. The number of rotatable bonds is 5. The lowest BCUT2D eigenvalue weighted by Gasteiger charge is -2.36. The molecule has 2 saturated heterocycles. The summed E-state index contributed by atoms with van der Waals surface area (Å²) < 4.78 is 27.2. The molecule has 186 valence electrons. The predicted octanol–water partition coefficient (Wildman–Crippen LogP) is 1.31. The number of aryl methyl sites for hydroxylation is 2. The standard InChI is InChI=1S/C24H30N6O4S/c1-17-23(18(2)30(26-17)19-8-14-35(33,34)15-19)28-12-10-27(11-13-28)22(31)7-9-29-16-25-21-6-4-3-5-20(21)24(29)32/h3-6,16,19H,7-15H2,1-2H3/t19-/m1/s1. The molecule has 2 aromatic heterocycles. The van der Waals surface area contributed by atoms with Crippen molar-refractivity contribution >= 4 is 32.3 Å². The SMILES string of the molecule is Cc1nn([C@@H]2CCS(=O)(=O)C2)c(C)c1N1CCN(C(=O)CCn2cnc3ccccc3c2=O)CC1. The second kappa shape index (κ2) is 9.10. The van der Waals surface area contributed by atoms with E-state index in [0.717, 1.165) is 17.1 Å². The molecule has 3 aromatic rings. The van der Waals surface area contributed by atoms with Crippen LogP contribution in [0.1, 0.15) is 30.3 Å². The Morgan fingerprint density at radius 3 is 2.57 bits per heavy atom. The van der Waals surface area contributed by atoms with Crippen molar-refractivity contribution in [2.24, 2.45) is 0 Å². The van der Waals surface area contributed by atoms with Crippen molar-refractivity contribution in [1.29, 1.82) is 0 Å². The van der Waals surface area contributed by atoms with Gasteiger partial charge in [0.05, 0.1) is 51.9 Å². The molecule has 5 rings (SSSR count). The molecule has 0 radical (unpaired) electrons. The van der Waals surface area contributed by atoms with Crippen molar-refractivity contribution in [1.82, 2.24) is 24.2 Å². The summed E-state index contributed by atoms with van der Waals surface area (Å²) in [7, 11) is -2.99. The van der Waals surface area contributed by atoms with Crippen LogP contribution < -0.4 is 10.5 Å². The number of carbonyl (C=O) groups is 1. The Bertz CT molecular complexity index is 1440. The van der Waals surface area contributed by atoms with E-state index in [1.807, 2.05) is 35.6 Å². The number of anilines is 1. The van der Waals surface area contributed by atoms with E-state index < -0.39 is 9.84 Å².